The number of halogens is 3. The molecule has 1 aromatic rings. The van der Waals surface area contributed by atoms with Crippen molar-refractivity contribution in [2.75, 3.05) is 5.73 Å². The summed E-state index contributed by atoms with van der Waals surface area (Å²) in [6.45, 7) is 0. The molecule has 1 heterocycles. The Hall–Kier alpha value is -1.41. The highest BCUT2D eigenvalue weighted by atomic mass is 35.5. The number of hydrogen-bond acceptors (Lipinski definition) is 3. The number of nitrogens with zero attached hydrogens (tertiary/aromatic N) is 2. The number of alkyl halides is 2. The van der Waals surface area contributed by atoms with E-state index >= 15 is 0 Å². The van der Waals surface area contributed by atoms with E-state index in [0.717, 1.165) is 0 Å². The molecule has 0 aliphatic carbocycles. The van der Waals surface area contributed by atoms with Crippen molar-refractivity contribution in [1.82, 2.24) is 4.98 Å². The molecule has 0 saturated heterocycles. The summed E-state index contributed by atoms with van der Waals surface area (Å²) < 4.78 is 24.5. The van der Waals surface area contributed by atoms with Gasteiger partial charge in [0.25, 0.3) is 6.43 Å². The molecule has 0 saturated carbocycles. The Labute approximate surface area is 84.1 Å². The number of aromatic nitrogens is 1. The maximum absolute atomic E-state index is 12.3. The smallest absolute Gasteiger partial charge is 0.281 e. The summed E-state index contributed by atoms with van der Waals surface area (Å²) in [5, 5.41) is 8.22. The van der Waals surface area contributed by atoms with E-state index in [1.807, 2.05) is 6.07 Å². The first kappa shape index (κ1) is 10.7. The maximum atomic E-state index is 12.3. The fourth-order valence-electron chi connectivity index (χ4n) is 0.936. The number of anilines is 1. The van der Waals surface area contributed by atoms with Gasteiger partial charge in [0, 0.05) is 5.56 Å². The third kappa shape index (κ3) is 2.09. The zero-order valence-corrected chi connectivity index (χ0v) is 7.72. The Kier molecular flexibility index (Phi) is 3.20. The lowest BCUT2D eigenvalue weighted by molar-refractivity contribution is 0.146. The first-order valence-electron chi connectivity index (χ1n) is 3.66. The van der Waals surface area contributed by atoms with Crippen molar-refractivity contribution in [3.8, 4) is 6.07 Å². The van der Waals surface area contributed by atoms with Crippen LogP contribution in [0.2, 0.25) is 5.02 Å². The highest BCUT2D eigenvalue weighted by Gasteiger charge is 2.16. The molecule has 3 nitrogen and oxygen atoms in total. The molecule has 0 amide bonds. The maximum Gasteiger partial charge on any atom is 0.281 e. The average molecular weight is 218 g/mol. The molecule has 0 bridgehead atoms. The van der Waals surface area contributed by atoms with Crippen molar-refractivity contribution < 1.29 is 8.78 Å². The van der Waals surface area contributed by atoms with Crippen LogP contribution in [0.1, 0.15) is 17.7 Å². The fourth-order valence-corrected chi connectivity index (χ4v) is 1.19. The topological polar surface area (TPSA) is 62.7 Å². The van der Waals surface area contributed by atoms with Crippen LogP contribution in [-0.2, 0) is 6.42 Å². The van der Waals surface area contributed by atoms with E-state index in [1.54, 1.807) is 0 Å². The van der Waals surface area contributed by atoms with Crippen molar-refractivity contribution in [2.45, 2.75) is 12.8 Å². The number of nitriles is 1. The number of nitrogen functional groups attached to an aromatic ring is 1. The van der Waals surface area contributed by atoms with Crippen LogP contribution in [0.3, 0.4) is 0 Å². The van der Waals surface area contributed by atoms with Gasteiger partial charge in [0.05, 0.1) is 17.5 Å². The van der Waals surface area contributed by atoms with Gasteiger partial charge < -0.3 is 5.73 Å². The van der Waals surface area contributed by atoms with Gasteiger partial charge in [-0.05, 0) is 6.07 Å². The first-order valence-corrected chi connectivity index (χ1v) is 4.04. The second-order valence-corrected chi connectivity index (χ2v) is 2.94. The van der Waals surface area contributed by atoms with E-state index in [0.29, 0.717) is 5.56 Å². The predicted octanol–water partition coefficient (Wildman–Crippen LogP) is 2.32. The molecule has 0 aromatic carbocycles. The lowest BCUT2D eigenvalue weighted by Crippen LogP contribution is -2.02. The molecular weight excluding hydrogens is 212 g/mol. The van der Waals surface area contributed by atoms with Crippen molar-refractivity contribution in [2.24, 2.45) is 0 Å². The minimum atomic E-state index is -2.76. The van der Waals surface area contributed by atoms with Gasteiger partial charge in [-0.15, -0.1) is 0 Å². The molecular formula is C8H6ClF2N3. The lowest BCUT2D eigenvalue weighted by Gasteiger charge is -2.06. The van der Waals surface area contributed by atoms with Crippen LogP contribution in [0.5, 0.6) is 0 Å². The van der Waals surface area contributed by atoms with Crippen molar-refractivity contribution in [1.29, 1.82) is 5.26 Å². The summed E-state index contributed by atoms with van der Waals surface area (Å²) in [6, 6.07) is 3.08. The van der Waals surface area contributed by atoms with Gasteiger partial charge in [0.1, 0.15) is 11.5 Å². The SMILES string of the molecule is N#CCc1cc(Cl)c(C(F)F)nc1N. The molecule has 0 unspecified atom stereocenters. The van der Waals surface area contributed by atoms with Gasteiger partial charge in [-0.25, -0.2) is 13.8 Å². The van der Waals surface area contributed by atoms with E-state index in [2.05, 4.69) is 4.98 Å². The molecule has 1 rings (SSSR count). The Morgan fingerprint density at radius 2 is 2.29 bits per heavy atom. The first-order chi connectivity index (χ1) is 6.56. The summed E-state index contributed by atoms with van der Waals surface area (Å²) in [5.41, 5.74) is 5.17. The molecule has 0 fully saturated rings. The van der Waals surface area contributed by atoms with Crippen molar-refractivity contribution >= 4 is 17.4 Å². The second-order valence-electron chi connectivity index (χ2n) is 2.54. The Morgan fingerprint density at radius 1 is 1.64 bits per heavy atom. The van der Waals surface area contributed by atoms with E-state index in [9.17, 15) is 8.78 Å². The van der Waals surface area contributed by atoms with Crippen molar-refractivity contribution in [3.05, 3.63) is 22.3 Å². The van der Waals surface area contributed by atoms with Crippen LogP contribution in [-0.4, -0.2) is 4.98 Å². The van der Waals surface area contributed by atoms with Gasteiger partial charge in [-0.1, -0.05) is 11.6 Å². The van der Waals surface area contributed by atoms with Gasteiger partial charge >= 0.3 is 0 Å². The lowest BCUT2D eigenvalue weighted by atomic mass is 10.2. The normalized spacial score (nSPS) is 10.2. The van der Waals surface area contributed by atoms with Crippen LogP contribution >= 0.6 is 11.6 Å². The minimum Gasteiger partial charge on any atom is -0.383 e. The van der Waals surface area contributed by atoms with Gasteiger partial charge in [-0.3, -0.25) is 0 Å². The van der Waals surface area contributed by atoms with E-state index in [-0.39, 0.29) is 17.3 Å². The minimum absolute atomic E-state index is 0.00205. The zero-order chi connectivity index (χ0) is 10.7. The van der Waals surface area contributed by atoms with E-state index in [4.69, 9.17) is 22.6 Å². The summed E-state index contributed by atoms with van der Waals surface area (Å²) in [6.07, 6.45) is -2.76. The number of nitrogens with two attached hydrogens (primary N) is 1. The molecule has 14 heavy (non-hydrogen) atoms. The molecule has 2 N–H and O–H groups in total. The molecule has 74 valence electrons. The fraction of sp³-hybridized carbons (Fsp3) is 0.250. The molecule has 0 radical (unpaired) electrons. The van der Waals surface area contributed by atoms with Crippen molar-refractivity contribution in [3.63, 3.8) is 0 Å². The number of pyridine rings is 1. The van der Waals surface area contributed by atoms with E-state index in [1.165, 1.54) is 6.07 Å². The quantitative estimate of drug-likeness (QED) is 0.827. The van der Waals surface area contributed by atoms with Gasteiger partial charge in [0.15, 0.2) is 0 Å². The summed E-state index contributed by atoms with van der Waals surface area (Å²) in [5.74, 6) is -0.0775. The summed E-state index contributed by atoms with van der Waals surface area (Å²) >= 11 is 5.52. The highest BCUT2D eigenvalue weighted by molar-refractivity contribution is 6.31. The number of rotatable bonds is 2. The Morgan fingerprint density at radius 3 is 2.79 bits per heavy atom. The Bertz CT molecular complexity index is 387. The molecule has 0 aliphatic heterocycles. The predicted molar refractivity (Wildman–Crippen MR) is 47.9 cm³/mol. The third-order valence-electron chi connectivity index (χ3n) is 1.59. The Balaban J connectivity index is 3.18. The average Bonchev–Trinajstić information content (AvgIpc) is 2.10. The largest absolute Gasteiger partial charge is 0.383 e. The second kappa shape index (κ2) is 4.20. The van der Waals surface area contributed by atoms with E-state index < -0.39 is 12.1 Å². The zero-order valence-electron chi connectivity index (χ0n) is 6.97. The molecule has 6 heteroatoms. The van der Waals surface area contributed by atoms with Crippen LogP contribution in [0, 0.1) is 11.3 Å². The molecule has 1 aromatic heterocycles. The van der Waals surface area contributed by atoms with Crippen LogP contribution in [0.4, 0.5) is 14.6 Å². The third-order valence-corrected chi connectivity index (χ3v) is 1.89. The standard InChI is InChI=1S/C8H6ClF2N3/c9-5-3-4(1-2-12)8(13)14-6(5)7(10)11/h3,7H,1H2,(H2,13,14). The summed E-state index contributed by atoms with van der Waals surface area (Å²) in [4.78, 5) is 3.44. The van der Waals surface area contributed by atoms with Crippen LogP contribution in [0.25, 0.3) is 0 Å². The molecule has 0 atom stereocenters. The monoisotopic (exact) mass is 217 g/mol. The summed E-state index contributed by atoms with van der Waals surface area (Å²) in [7, 11) is 0. The number of hydrogen-bond donors (Lipinski definition) is 1. The van der Waals surface area contributed by atoms with Crippen LogP contribution < -0.4 is 5.73 Å². The molecule has 0 spiro atoms. The van der Waals surface area contributed by atoms with Gasteiger partial charge in [-0.2, -0.15) is 5.26 Å². The van der Waals surface area contributed by atoms with Gasteiger partial charge in [0.2, 0.25) is 0 Å². The van der Waals surface area contributed by atoms with Crippen LogP contribution in [0.15, 0.2) is 6.07 Å². The highest BCUT2D eigenvalue weighted by Crippen LogP contribution is 2.27. The molecule has 0 aliphatic rings.